The molecule has 1 atom stereocenters. The Balaban J connectivity index is 1.98. The summed E-state index contributed by atoms with van der Waals surface area (Å²) in [5.74, 6) is 0.871. The lowest BCUT2D eigenvalue weighted by Crippen LogP contribution is -2.23. The van der Waals surface area contributed by atoms with Crippen LogP contribution in [0.2, 0.25) is 0 Å². The minimum Gasteiger partial charge on any atom is -0.492 e. The van der Waals surface area contributed by atoms with E-state index in [1.54, 1.807) is 7.11 Å². The first-order chi connectivity index (χ1) is 9.83. The zero-order valence-corrected chi connectivity index (χ0v) is 12.0. The van der Waals surface area contributed by atoms with E-state index in [-0.39, 0.29) is 6.04 Å². The van der Waals surface area contributed by atoms with Gasteiger partial charge in [0.25, 0.3) is 0 Å². The predicted molar refractivity (Wildman–Crippen MR) is 80.9 cm³/mol. The smallest absolute Gasteiger partial charge is 0.119 e. The topological polar surface area (TPSA) is 30.5 Å². The Hall–Kier alpha value is -1.84. The van der Waals surface area contributed by atoms with Crippen LogP contribution in [0.1, 0.15) is 17.2 Å². The van der Waals surface area contributed by atoms with Crippen molar-refractivity contribution >= 4 is 0 Å². The molecular formula is C17H21NO2. The number of benzene rings is 2. The summed E-state index contributed by atoms with van der Waals surface area (Å²) in [5, 5.41) is 3.28. The number of methoxy groups -OCH3 is 1. The Morgan fingerprint density at radius 3 is 2.55 bits per heavy atom. The third-order valence-corrected chi connectivity index (χ3v) is 3.18. The van der Waals surface area contributed by atoms with Crippen molar-refractivity contribution in [2.45, 2.75) is 12.6 Å². The Labute approximate surface area is 120 Å². The Morgan fingerprint density at radius 2 is 1.85 bits per heavy atom. The van der Waals surface area contributed by atoms with E-state index >= 15 is 0 Å². The molecule has 0 aliphatic rings. The zero-order chi connectivity index (χ0) is 14.2. The molecule has 1 unspecified atom stereocenters. The first-order valence-electron chi connectivity index (χ1n) is 6.76. The van der Waals surface area contributed by atoms with Crippen LogP contribution in [0.3, 0.4) is 0 Å². The van der Waals surface area contributed by atoms with Gasteiger partial charge in [0.05, 0.1) is 12.6 Å². The summed E-state index contributed by atoms with van der Waals surface area (Å²) in [6.45, 7) is 1.20. The van der Waals surface area contributed by atoms with Crippen molar-refractivity contribution in [1.82, 2.24) is 5.32 Å². The molecule has 0 bridgehead atoms. The highest BCUT2D eigenvalue weighted by atomic mass is 16.5. The summed E-state index contributed by atoms with van der Waals surface area (Å²) in [6, 6.07) is 18.5. The fourth-order valence-electron chi connectivity index (χ4n) is 2.10. The number of rotatable bonds is 7. The number of likely N-dealkylation sites (N-methyl/N-ethyl adjacent to an activating group) is 1. The van der Waals surface area contributed by atoms with Gasteiger partial charge in [0, 0.05) is 7.11 Å². The van der Waals surface area contributed by atoms with Gasteiger partial charge < -0.3 is 14.8 Å². The van der Waals surface area contributed by atoms with E-state index in [1.807, 2.05) is 49.5 Å². The molecule has 0 radical (unpaired) electrons. The molecule has 2 aromatic rings. The number of ether oxygens (including phenoxy) is 2. The van der Waals surface area contributed by atoms with Gasteiger partial charge in [0.2, 0.25) is 0 Å². The van der Waals surface area contributed by atoms with Crippen LogP contribution in [0.25, 0.3) is 0 Å². The van der Waals surface area contributed by atoms with E-state index in [9.17, 15) is 0 Å². The molecule has 2 aromatic carbocycles. The third-order valence-electron chi connectivity index (χ3n) is 3.18. The molecule has 0 heterocycles. The molecule has 3 heteroatoms. The van der Waals surface area contributed by atoms with Crippen LogP contribution in [0.15, 0.2) is 54.6 Å². The Morgan fingerprint density at radius 1 is 1.05 bits per heavy atom. The molecule has 20 heavy (non-hydrogen) atoms. The lowest BCUT2D eigenvalue weighted by Gasteiger charge is -2.17. The summed E-state index contributed by atoms with van der Waals surface area (Å²) >= 11 is 0. The lowest BCUT2D eigenvalue weighted by atomic mass is 10.1. The van der Waals surface area contributed by atoms with Crippen molar-refractivity contribution in [2.24, 2.45) is 0 Å². The van der Waals surface area contributed by atoms with Gasteiger partial charge >= 0.3 is 0 Å². The van der Waals surface area contributed by atoms with Gasteiger partial charge in [-0.05, 0) is 30.3 Å². The standard InChI is InChI=1S/C17H21NO2/c1-18-17(15-8-4-3-5-9-15)13-20-16-10-6-7-14(11-16)12-19-2/h3-11,17-18H,12-13H2,1-2H3. The molecular weight excluding hydrogens is 250 g/mol. The van der Waals surface area contributed by atoms with E-state index in [2.05, 4.69) is 17.4 Å². The maximum absolute atomic E-state index is 5.88. The quantitative estimate of drug-likeness (QED) is 0.839. The minimum atomic E-state index is 0.183. The van der Waals surface area contributed by atoms with Gasteiger partial charge in [-0.1, -0.05) is 42.5 Å². The van der Waals surface area contributed by atoms with Crippen LogP contribution in [-0.4, -0.2) is 20.8 Å². The summed E-state index contributed by atoms with van der Waals surface area (Å²) < 4.78 is 11.0. The molecule has 0 fully saturated rings. The van der Waals surface area contributed by atoms with Crippen molar-refractivity contribution in [1.29, 1.82) is 0 Å². The van der Waals surface area contributed by atoms with E-state index in [4.69, 9.17) is 9.47 Å². The fraction of sp³-hybridized carbons (Fsp3) is 0.294. The summed E-state index contributed by atoms with van der Waals surface area (Å²) in [4.78, 5) is 0. The maximum atomic E-state index is 5.88. The predicted octanol–water partition coefficient (Wildman–Crippen LogP) is 3.17. The fourth-order valence-corrected chi connectivity index (χ4v) is 2.10. The van der Waals surface area contributed by atoms with Crippen LogP contribution in [0, 0.1) is 0 Å². The second-order valence-electron chi connectivity index (χ2n) is 4.64. The number of hydrogen-bond donors (Lipinski definition) is 1. The van der Waals surface area contributed by atoms with Gasteiger partial charge in [-0.3, -0.25) is 0 Å². The molecule has 0 saturated heterocycles. The van der Waals surface area contributed by atoms with E-state index < -0.39 is 0 Å². The monoisotopic (exact) mass is 271 g/mol. The highest BCUT2D eigenvalue weighted by molar-refractivity contribution is 5.28. The first-order valence-corrected chi connectivity index (χ1v) is 6.76. The highest BCUT2D eigenvalue weighted by Gasteiger charge is 2.09. The molecule has 0 aliphatic carbocycles. The molecule has 2 rings (SSSR count). The van der Waals surface area contributed by atoms with E-state index in [0.717, 1.165) is 11.3 Å². The van der Waals surface area contributed by atoms with Crippen LogP contribution < -0.4 is 10.1 Å². The van der Waals surface area contributed by atoms with Gasteiger partial charge in [0.15, 0.2) is 0 Å². The largest absolute Gasteiger partial charge is 0.492 e. The summed E-state index contributed by atoms with van der Waals surface area (Å²) in [6.07, 6.45) is 0. The average Bonchev–Trinajstić information content (AvgIpc) is 2.50. The molecule has 1 N–H and O–H groups in total. The van der Waals surface area contributed by atoms with Gasteiger partial charge in [-0.2, -0.15) is 0 Å². The van der Waals surface area contributed by atoms with Crippen molar-refractivity contribution in [2.75, 3.05) is 20.8 Å². The van der Waals surface area contributed by atoms with Crippen LogP contribution in [0.5, 0.6) is 5.75 Å². The molecule has 0 amide bonds. The molecule has 3 nitrogen and oxygen atoms in total. The molecule has 0 aromatic heterocycles. The van der Waals surface area contributed by atoms with Gasteiger partial charge in [-0.25, -0.2) is 0 Å². The van der Waals surface area contributed by atoms with Crippen molar-refractivity contribution in [3.05, 3.63) is 65.7 Å². The third kappa shape index (κ3) is 4.08. The first kappa shape index (κ1) is 14.6. The number of hydrogen-bond acceptors (Lipinski definition) is 3. The average molecular weight is 271 g/mol. The lowest BCUT2D eigenvalue weighted by molar-refractivity contribution is 0.184. The zero-order valence-electron chi connectivity index (χ0n) is 12.0. The van der Waals surface area contributed by atoms with Crippen LogP contribution >= 0.6 is 0 Å². The summed E-state index contributed by atoms with van der Waals surface area (Å²) in [7, 11) is 3.64. The second-order valence-corrected chi connectivity index (χ2v) is 4.64. The second kappa shape index (κ2) is 7.68. The van der Waals surface area contributed by atoms with Crippen molar-refractivity contribution in [3.8, 4) is 5.75 Å². The normalized spacial score (nSPS) is 12.1. The van der Waals surface area contributed by atoms with E-state index in [0.29, 0.717) is 13.2 Å². The molecule has 0 saturated carbocycles. The van der Waals surface area contributed by atoms with E-state index in [1.165, 1.54) is 5.56 Å². The van der Waals surface area contributed by atoms with Gasteiger partial charge in [0.1, 0.15) is 12.4 Å². The Bertz CT molecular complexity index is 513. The van der Waals surface area contributed by atoms with Crippen molar-refractivity contribution < 1.29 is 9.47 Å². The van der Waals surface area contributed by atoms with Gasteiger partial charge in [-0.15, -0.1) is 0 Å². The SMILES string of the molecule is CNC(COc1cccc(COC)c1)c1ccccc1. The molecule has 106 valence electrons. The van der Waals surface area contributed by atoms with Crippen molar-refractivity contribution in [3.63, 3.8) is 0 Å². The summed E-state index contributed by atoms with van der Waals surface area (Å²) in [5.41, 5.74) is 2.34. The number of nitrogens with one attached hydrogen (secondary N) is 1. The maximum Gasteiger partial charge on any atom is 0.119 e. The highest BCUT2D eigenvalue weighted by Crippen LogP contribution is 2.17. The molecule has 0 aliphatic heterocycles. The molecule has 0 spiro atoms. The Kier molecular flexibility index (Phi) is 5.59. The minimum absolute atomic E-state index is 0.183. The van der Waals surface area contributed by atoms with Crippen LogP contribution in [0.4, 0.5) is 0 Å². The van der Waals surface area contributed by atoms with Crippen LogP contribution in [-0.2, 0) is 11.3 Å².